The van der Waals surface area contributed by atoms with E-state index in [-0.39, 0.29) is 30.5 Å². The second kappa shape index (κ2) is 8.29. The van der Waals surface area contributed by atoms with E-state index in [1.807, 2.05) is 24.3 Å². The first kappa shape index (κ1) is 18.9. The van der Waals surface area contributed by atoms with Crippen LogP contribution in [-0.4, -0.2) is 29.9 Å². The standard InChI is InChI=1S/C22H24O6/c23-19-7-1-6-17-16(19)5-2-8-21(17)28-13-18-14(10-20(24)22(18)25)11-26-12-15-4-3-9-27-15/h2-5,8-9,14,18-19,23H,1,6-7,10-13H2/t14-,18-,19?/m1/s1. The van der Waals surface area contributed by atoms with Crippen molar-refractivity contribution in [3.05, 3.63) is 53.5 Å². The molecule has 148 valence electrons. The van der Waals surface area contributed by atoms with E-state index in [2.05, 4.69) is 0 Å². The second-order valence-electron chi connectivity index (χ2n) is 7.50. The Labute approximate surface area is 163 Å². The molecule has 2 aliphatic rings. The van der Waals surface area contributed by atoms with Crippen molar-refractivity contribution in [3.8, 4) is 5.75 Å². The fraction of sp³-hybridized carbons (Fsp3) is 0.455. The number of Topliss-reactive ketones (excluding diaryl/α,β-unsaturated/α-hetero) is 2. The van der Waals surface area contributed by atoms with E-state index in [1.165, 1.54) is 0 Å². The van der Waals surface area contributed by atoms with E-state index in [4.69, 9.17) is 13.9 Å². The van der Waals surface area contributed by atoms with E-state index in [9.17, 15) is 14.7 Å². The summed E-state index contributed by atoms with van der Waals surface area (Å²) >= 11 is 0. The molecule has 0 saturated heterocycles. The highest BCUT2D eigenvalue weighted by molar-refractivity contribution is 6.40. The zero-order valence-corrected chi connectivity index (χ0v) is 15.6. The third-order valence-electron chi connectivity index (χ3n) is 5.64. The molecule has 6 heteroatoms. The molecule has 0 bridgehead atoms. The van der Waals surface area contributed by atoms with E-state index in [0.29, 0.717) is 24.7 Å². The fourth-order valence-electron chi connectivity index (χ4n) is 4.10. The number of aliphatic hydroxyl groups excluding tert-OH is 1. The van der Waals surface area contributed by atoms with Crippen molar-refractivity contribution in [2.75, 3.05) is 13.2 Å². The predicted octanol–water partition coefficient (Wildman–Crippen LogP) is 3.02. The first-order valence-electron chi connectivity index (χ1n) is 9.73. The number of ether oxygens (including phenoxy) is 2. The van der Waals surface area contributed by atoms with Gasteiger partial charge in [0.1, 0.15) is 18.1 Å². The van der Waals surface area contributed by atoms with Crippen molar-refractivity contribution in [1.29, 1.82) is 0 Å². The summed E-state index contributed by atoms with van der Waals surface area (Å²) in [4.78, 5) is 24.3. The summed E-state index contributed by atoms with van der Waals surface area (Å²) in [5.41, 5.74) is 1.90. The minimum atomic E-state index is -0.506. The van der Waals surface area contributed by atoms with Gasteiger partial charge in [-0.3, -0.25) is 9.59 Å². The Morgan fingerprint density at radius 1 is 1.14 bits per heavy atom. The maximum Gasteiger partial charge on any atom is 0.205 e. The smallest absolute Gasteiger partial charge is 0.205 e. The summed E-state index contributed by atoms with van der Waals surface area (Å²) in [6, 6.07) is 9.24. The number of carbonyl (C=O) groups excluding carboxylic acids is 2. The molecular formula is C22H24O6. The molecule has 0 aliphatic heterocycles. The van der Waals surface area contributed by atoms with Gasteiger partial charge in [-0.15, -0.1) is 0 Å². The van der Waals surface area contributed by atoms with Crippen LogP contribution in [0, 0.1) is 11.8 Å². The molecule has 3 atom stereocenters. The molecule has 6 nitrogen and oxygen atoms in total. The Morgan fingerprint density at radius 3 is 2.86 bits per heavy atom. The van der Waals surface area contributed by atoms with E-state index in [0.717, 1.165) is 30.4 Å². The molecule has 2 aromatic rings. The summed E-state index contributed by atoms with van der Waals surface area (Å²) < 4.78 is 16.9. The third kappa shape index (κ3) is 3.88. The maximum absolute atomic E-state index is 12.3. The Morgan fingerprint density at radius 2 is 2.04 bits per heavy atom. The number of carbonyl (C=O) groups is 2. The van der Waals surface area contributed by atoms with E-state index >= 15 is 0 Å². The van der Waals surface area contributed by atoms with Crippen LogP contribution in [0.25, 0.3) is 0 Å². The summed E-state index contributed by atoms with van der Waals surface area (Å²) in [7, 11) is 0. The number of hydrogen-bond donors (Lipinski definition) is 1. The van der Waals surface area contributed by atoms with Crippen molar-refractivity contribution >= 4 is 11.6 Å². The first-order chi connectivity index (χ1) is 13.6. The average molecular weight is 384 g/mol. The van der Waals surface area contributed by atoms with E-state index in [1.54, 1.807) is 12.3 Å². The number of rotatable bonds is 7. The van der Waals surface area contributed by atoms with Crippen molar-refractivity contribution < 1.29 is 28.6 Å². The minimum Gasteiger partial charge on any atom is -0.493 e. The van der Waals surface area contributed by atoms with E-state index < -0.39 is 12.0 Å². The lowest BCUT2D eigenvalue weighted by atomic mass is 9.89. The molecule has 1 saturated carbocycles. The largest absolute Gasteiger partial charge is 0.493 e. The number of aliphatic hydroxyl groups is 1. The average Bonchev–Trinajstić information content (AvgIpc) is 3.30. The summed E-state index contributed by atoms with van der Waals surface area (Å²) in [6.07, 6.45) is 3.80. The molecule has 1 unspecified atom stereocenters. The molecule has 2 aliphatic carbocycles. The van der Waals surface area contributed by atoms with Gasteiger partial charge < -0.3 is 19.0 Å². The Hall–Kier alpha value is -2.44. The van der Waals surface area contributed by atoms with Crippen LogP contribution >= 0.6 is 0 Å². The van der Waals surface area contributed by atoms with Gasteiger partial charge in [-0.2, -0.15) is 0 Å². The molecule has 1 aromatic heterocycles. The molecule has 0 spiro atoms. The number of fused-ring (bicyclic) bond motifs is 1. The summed E-state index contributed by atoms with van der Waals surface area (Å²) in [5, 5.41) is 10.2. The normalized spacial score (nSPS) is 24.4. The molecule has 4 rings (SSSR count). The van der Waals surface area contributed by atoms with Gasteiger partial charge in [0.2, 0.25) is 5.78 Å². The van der Waals surface area contributed by atoms with Gasteiger partial charge in [0.15, 0.2) is 5.78 Å². The molecular weight excluding hydrogens is 360 g/mol. The second-order valence-corrected chi connectivity index (χ2v) is 7.50. The van der Waals surface area contributed by atoms with Crippen LogP contribution in [0.1, 0.15) is 42.3 Å². The van der Waals surface area contributed by atoms with Crippen LogP contribution in [-0.2, 0) is 27.4 Å². The number of furan rings is 1. The van der Waals surface area contributed by atoms with Gasteiger partial charge in [-0.05, 0) is 48.6 Å². The molecule has 0 amide bonds. The molecule has 28 heavy (non-hydrogen) atoms. The van der Waals surface area contributed by atoms with Crippen LogP contribution in [0.2, 0.25) is 0 Å². The van der Waals surface area contributed by atoms with Crippen LogP contribution in [0.15, 0.2) is 41.0 Å². The van der Waals surface area contributed by atoms with Crippen molar-refractivity contribution in [3.63, 3.8) is 0 Å². The van der Waals surface area contributed by atoms with Crippen LogP contribution in [0.5, 0.6) is 5.75 Å². The Kier molecular flexibility index (Phi) is 5.59. The minimum absolute atomic E-state index is 0.145. The van der Waals surface area contributed by atoms with Gasteiger partial charge in [-0.25, -0.2) is 0 Å². The quantitative estimate of drug-likeness (QED) is 0.739. The summed E-state index contributed by atoms with van der Waals surface area (Å²) in [5.74, 6) is -0.0349. The monoisotopic (exact) mass is 384 g/mol. The third-order valence-corrected chi connectivity index (χ3v) is 5.64. The lowest BCUT2D eigenvalue weighted by Gasteiger charge is -2.25. The van der Waals surface area contributed by atoms with Gasteiger partial charge >= 0.3 is 0 Å². The molecule has 0 radical (unpaired) electrons. The SMILES string of the molecule is O=C1C[C@H](COCc2ccco2)[C@@H](COc2cccc3c2CCCC3O)C1=O. The van der Waals surface area contributed by atoms with Gasteiger partial charge in [0, 0.05) is 12.3 Å². The highest BCUT2D eigenvalue weighted by Crippen LogP contribution is 2.36. The van der Waals surface area contributed by atoms with Crippen LogP contribution in [0.4, 0.5) is 0 Å². The van der Waals surface area contributed by atoms with Crippen LogP contribution in [0.3, 0.4) is 0 Å². The Bertz CT molecular complexity index is 841. The number of benzene rings is 1. The number of hydrogen-bond acceptors (Lipinski definition) is 6. The predicted molar refractivity (Wildman–Crippen MR) is 99.8 cm³/mol. The number of ketones is 2. The van der Waals surface area contributed by atoms with Crippen molar-refractivity contribution in [1.82, 2.24) is 0 Å². The van der Waals surface area contributed by atoms with Crippen molar-refractivity contribution in [2.24, 2.45) is 11.8 Å². The topological polar surface area (TPSA) is 86.0 Å². The Balaban J connectivity index is 1.40. The van der Waals surface area contributed by atoms with Gasteiger partial charge in [0.05, 0.1) is 31.5 Å². The van der Waals surface area contributed by atoms with Crippen molar-refractivity contribution in [2.45, 2.75) is 38.4 Å². The summed E-state index contributed by atoms with van der Waals surface area (Å²) in [6.45, 7) is 0.757. The molecule has 1 aromatic carbocycles. The maximum atomic E-state index is 12.3. The highest BCUT2D eigenvalue weighted by Gasteiger charge is 2.42. The first-order valence-corrected chi connectivity index (χ1v) is 9.73. The zero-order chi connectivity index (χ0) is 19.5. The fourth-order valence-corrected chi connectivity index (χ4v) is 4.10. The molecule has 1 heterocycles. The lowest BCUT2D eigenvalue weighted by molar-refractivity contribution is -0.136. The van der Waals surface area contributed by atoms with Gasteiger partial charge in [0.25, 0.3) is 0 Å². The highest BCUT2D eigenvalue weighted by atomic mass is 16.5. The van der Waals surface area contributed by atoms with Crippen LogP contribution < -0.4 is 4.74 Å². The zero-order valence-electron chi connectivity index (χ0n) is 15.6. The lowest BCUT2D eigenvalue weighted by Crippen LogP contribution is -2.27. The molecule has 1 N–H and O–H groups in total. The molecule has 1 fully saturated rings. The van der Waals surface area contributed by atoms with Gasteiger partial charge in [-0.1, -0.05) is 12.1 Å².